The molecule has 0 spiro atoms. The minimum absolute atomic E-state index is 0.0698. The fourth-order valence-corrected chi connectivity index (χ4v) is 2.49. The third-order valence-corrected chi connectivity index (χ3v) is 4.26. The van der Waals surface area contributed by atoms with Gasteiger partial charge >= 0.3 is 11.9 Å². The number of methoxy groups -OCH3 is 1. The summed E-state index contributed by atoms with van der Waals surface area (Å²) in [5.41, 5.74) is 3.37. The van der Waals surface area contributed by atoms with Crippen LogP contribution in [0.3, 0.4) is 0 Å². The molecule has 1 atom stereocenters. The number of esters is 2. The van der Waals surface area contributed by atoms with Gasteiger partial charge in [0.25, 0.3) is 15.3 Å². The van der Waals surface area contributed by atoms with Crippen molar-refractivity contribution in [2.75, 3.05) is 45.0 Å². The molecule has 0 aliphatic heterocycles. The number of nitrogens with two attached hydrogens (primary N) is 1. The molecule has 0 saturated heterocycles. The molecule has 2 N–H and O–H groups in total. The first-order chi connectivity index (χ1) is 14.4. The van der Waals surface area contributed by atoms with Crippen LogP contribution in [-0.4, -0.2) is 84.1 Å². The summed E-state index contributed by atoms with van der Waals surface area (Å²) in [6.07, 6.45) is 0. The van der Waals surface area contributed by atoms with Gasteiger partial charge in [0.2, 0.25) is 5.78 Å². The zero-order valence-corrected chi connectivity index (χ0v) is 16.7. The largest absolute Gasteiger partial charge is 0.468 e. The van der Waals surface area contributed by atoms with E-state index in [0.29, 0.717) is 0 Å². The Labute approximate surface area is 176 Å². The Hall–Kier alpha value is -3.48. The highest BCUT2D eigenvalue weighted by atomic mass is 32.2. The fourth-order valence-electron chi connectivity index (χ4n) is 1.67. The van der Waals surface area contributed by atoms with Crippen LogP contribution >= 0.6 is 11.8 Å². The molecule has 0 aromatic heterocycles. The maximum absolute atomic E-state index is 11.8. The monoisotopic (exact) mass is 474 g/mol. The van der Waals surface area contributed by atoms with Crippen molar-refractivity contribution in [3.63, 3.8) is 0 Å². The lowest BCUT2D eigenvalue weighted by molar-refractivity contribution is -0.782. The quantitative estimate of drug-likeness (QED) is 0.103. The molecule has 0 aromatic carbocycles. The first-order valence-electron chi connectivity index (χ1n) is 7.85. The highest BCUT2D eigenvalue weighted by molar-refractivity contribution is 8.00. The summed E-state index contributed by atoms with van der Waals surface area (Å²) in [7, 11) is 1.11. The maximum atomic E-state index is 11.8. The molecule has 0 fully saturated rings. The average molecular weight is 474 g/mol. The lowest BCUT2D eigenvalue weighted by atomic mass is 9.92. The first kappa shape index (κ1) is 27.5. The smallest absolute Gasteiger partial charge is 0.375 e. The van der Waals surface area contributed by atoms with Crippen LogP contribution in [0.4, 0.5) is 0 Å². The minimum atomic E-state index is -2.08. The van der Waals surface area contributed by atoms with E-state index in [0.717, 1.165) is 18.9 Å². The Morgan fingerprint density at radius 1 is 0.935 bits per heavy atom. The van der Waals surface area contributed by atoms with Gasteiger partial charge in [-0.15, -0.1) is 30.3 Å². The summed E-state index contributed by atoms with van der Waals surface area (Å²) < 4.78 is 9.04. The van der Waals surface area contributed by atoms with Gasteiger partial charge in [-0.1, -0.05) is 0 Å². The molecular weight excluding hydrogens is 456 g/mol. The predicted molar refractivity (Wildman–Crippen MR) is 94.6 cm³/mol. The number of nitrogens with zero attached hydrogens (tertiary/aromatic N) is 3. The summed E-state index contributed by atoms with van der Waals surface area (Å²) in [6, 6.07) is -1.05. The molecule has 31 heavy (non-hydrogen) atoms. The summed E-state index contributed by atoms with van der Waals surface area (Å²) in [6.45, 7) is -4.19. The number of ether oxygens (including phenoxy) is 2. The molecule has 18 nitrogen and oxygen atoms in total. The number of carbonyl (C=O) groups is 3. The summed E-state index contributed by atoms with van der Waals surface area (Å²) in [5, 5.41) is 27.4. The highest BCUT2D eigenvalue weighted by Crippen LogP contribution is 2.21. The maximum Gasteiger partial charge on any atom is 0.375 e. The lowest BCUT2D eigenvalue weighted by Gasteiger charge is -2.29. The molecule has 0 saturated carbocycles. The summed E-state index contributed by atoms with van der Waals surface area (Å²) in [5.74, 6) is -3.86. The Bertz CT molecular complexity index is 643. The first-order valence-corrected chi connectivity index (χ1v) is 9.01. The van der Waals surface area contributed by atoms with E-state index in [1.165, 1.54) is 0 Å². The van der Waals surface area contributed by atoms with E-state index in [4.69, 9.17) is 5.73 Å². The zero-order valence-electron chi connectivity index (χ0n) is 15.9. The normalized spacial score (nSPS) is 11.5. The third kappa shape index (κ3) is 12.0. The van der Waals surface area contributed by atoms with Crippen LogP contribution in [-0.2, 0) is 38.4 Å². The second-order valence-electron chi connectivity index (χ2n) is 5.64. The van der Waals surface area contributed by atoms with Crippen LogP contribution in [0, 0.1) is 35.8 Å². The van der Waals surface area contributed by atoms with Crippen molar-refractivity contribution >= 4 is 29.5 Å². The van der Waals surface area contributed by atoms with E-state index in [-0.39, 0.29) is 5.75 Å². The number of hydrogen-bond acceptors (Lipinski definition) is 16. The van der Waals surface area contributed by atoms with Gasteiger partial charge in [0, 0.05) is 5.75 Å². The lowest BCUT2D eigenvalue weighted by Crippen LogP contribution is -2.44. The molecule has 0 bridgehead atoms. The van der Waals surface area contributed by atoms with Gasteiger partial charge in [-0.3, -0.25) is 9.59 Å². The molecule has 19 heteroatoms. The van der Waals surface area contributed by atoms with E-state index in [1.807, 2.05) is 0 Å². The number of ketones is 1. The van der Waals surface area contributed by atoms with Gasteiger partial charge in [-0.05, 0) is 0 Å². The molecule has 0 heterocycles. The van der Waals surface area contributed by atoms with Crippen LogP contribution in [0.5, 0.6) is 0 Å². The molecule has 0 unspecified atom stereocenters. The molecule has 0 radical (unpaired) electrons. The Balaban J connectivity index is 5.04. The van der Waals surface area contributed by atoms with Crippen LogP contribution in [0.1, 0.15) is 0 Å². The number of Topliss-reactive ketones (excluding diaryl/α,β-unsaturated/α-hetero) is 1. The molecular formula is C12H18N4O14S. The Morgan fingerprint density at radius 2 is 1.39 bits per heavy atom. The van der Waals surface area contributed by atoms with Crippen LogP contribution in [0.25, 0.3) is 0 Å². The van der Waals surface area contributed by atoms with Gasteiger partial charge in [-0.25, -0.2) is 4.79 Å². The SMILES string of the molecule is COC(=O)[C@@H](N)CSCC(=O)C(=O)OCC(CO[N+](=O)[O-])(CO[N+](=O)[O-])CO[N+](=O)[O-]. The van der Waals surface area contributed by atoms with Crippen LogP contribution in [0.2, 0.25) is 0 Å². The van der Waals surface area contributed by atoms with Gasteiger partial charge in [0.05, 0.1) is 18.3 Å². The molecule has 0 aliphatic carbocycles. The average Bonchev–Trinajstić information content (AvgIpc) is 2.71. The van der Waals surface area contributed by atoms with Crippen molar-refractivity contribution in [2.24, 2.45) is 11.1 Å². The van der Waals surface area contributed by atoms with Crippen molar-refractivity contribution in [1.29, 1.82) is 0 Å². The Morgan fingerprint density at radius 3 is 1.77 bits per heavy atom. The topological polar surface area (TPSA) is 253 Å². The number of rotatable bonds is 17. The van der Waals surface area contributed by atoms with E-state index < -0.39 is 76.6 Å². The fraction of sp³-hybridized carbons (Fsp3) is 0.750. The number of carbonyl (C=O) groups excluding carboxylic acids is 3. The molecule has 0 rings (SSSR count). The van der Waals surface area contributed by atoms with Crippen molar-refractivity contribution < 1.29 is 53.6 Å². The van der Waals surface area contributed by atoms with Gasteiger partial charge in [0.15, 0.2) is 0 Å². The van der Waals surface area contributed by atoms with Gasteiger partial charge < -0.3 is 29.7 Å². The van der Waals surface area contributed by atoms with Crippen molar-refractivity contribution in [2.45, 2.75) is 6.04 Å². The second-order valence-corrected chi connectivity index (χ2v) is 6.67. The third-order valence-electron chi connectivity index (χ3n) is 3.20. The van der Waals surface area contributed by atoms with E-state index in [1.54, 1.807) is 0 Å². The van der Waals surface area contributed by atoms with Crippen LogP contribution < -0.4 is 5.73 Å². The minimum Gasteiger partial charge on any atom is -0.468 e. The summed E-state index contributed by atoms with van der Waals surface area (Å²) >= 11 is 0.799. The Kier molecular flexibility index (Phi) is 12.2. The predicted octanol–water partition coefficient (Wildman–Crippen LogP) is -2.06. The molecule has 0 aliphatic rings. The molecule has 0 amide bonds. The van der Waals surface area contributed by atoms with Crippen molar-refractivity contribution in [1.82, 2.24) is 0 Å². The number of thioether (sulfide) groups is 1. The van der Waals surface area contributed by atoms with E-state index in [2.05, 4.69) is 24.0 Å². The highest BCUT2D eigenvalue weighted by Gasteiger charge is 2.38. The van der Waals surface area contributed by atoms with Gasteiger partial charge in [-0.2, -0.15) is 11.8 Å². The van der Waals surface area contributed by atoms with Crippen LogP contribution in [0.15, 0.2) is 0 Å². The number of hydrogen-bond donors (Lipinski definition) is 1. The zero-order chi connectivity index (χ0) is 24.0. The second kappa shape index (κ2) is 13.7. The van der Waals surface area contributed by atoms with Crippen molar-refractivity contribution in [3.05, 3.63) is 30.3 Å². The van der Waals surface area contributed by atoms with Gasteiger partial charge in [0.1, 0.15) is 32.5 Å². The standard InChI is InChI=1S/C12H18N4O14S/c1-26-10(18)8(13)2-31-3-9(17)11(19)27-4-12(5-28-14(20)21,6-29-15(22)23)7-30-16(24)25/h8H,2-7,13H2,1H3/t8-/m0/s1. The molecule has 0 aromatic rings. The summed E-state index contributed by atoms with van der Waals surface area (Å²) in [4.78, 5) is 78.3. The van der Waals surface area contributed by atoms with E-state index in [9.17, 15) is 44.7 Å². The molecule has 176 valence electrons. The van der Waals surface area contributed by atoms with E-state index >= 15 is 0 Å². The van der Waals surface area contributed by atoms with Crippen molar-refractivity contribution in [3.8, 4) is 0 Å².